The van der Waals surface area contributed by atoms with Crippen molar-refractivity contribution in [3.05, 3.63) is 41.3 Å². The van der Waals surface area contributed by atoms with Crippen LogP contribution >= 0.6 is 0 Å². The lowest BCUT2D eigenvalue weighted by Gasteiger charge is -2.01. The van der Waals surface area contributed by atoms with E-state index < -0.39 is 0 Å². The first-order chi connectivity index (χ1) is 7.70. The molecule has 6 heteroatoms. The predicted molar refractivity (Wildman–Crippen MR) is 54.7 cm³/mol. The summed E-state index contributed by atoms with van der Waals surface area (Å²) >= 11 is 0. The molecule has 0 aliphatic carbocycles. The van der Waals surface area contributed by atoms with Crippen molar-refractivity contribution in [2.45, 2.75) is 6.54 Å². The number of hydrogen-bond acceptors (Lipinski definition) is 4. The third-order valence-electron chi connectivity index (χ3n) is 2.11. The maximum Gasteiger partial charge on any atom is 0.184 e. The molecule has 0 bridgehead atoms. The second kappa shape index (κ2) is 3.98. The molecule has 80 valence electrons. The largest absolute Gasteiger partial charge is 0.380 e. The first-order valence-corrected chi connectivity index (χ1v) is 4.54. The molecule has 0 amide bonds. The van der Waals surface area contributed by atoms with Crippen LogP contribution in [0.4, 0.5) is 10.2 Å². The summed E-state index contributed by atoms with van der Waals surface area (Å²) in [6.07, 6.45) is 0. The first-order valence-electron chi connectivity index (χ1n) is 4.54. The Balaban J connectivity index is 2.27. The lowest BCUT2D eigenvalue weighted by Crippen LogP contribution is -2.05. The quantitative estimate of drug-likeness (QED) is 0.811. The number of nitriles is 1. The number of anilines is 1. The molecule has 1 aromatic heterocycles. The van der Waals surface area contributed by atoms with Crippen LogP contribution in [0.3, 0.4) is 0 Å². The molecule has 2 N–H and O–H groups in total. The number of rotatable bonds is 2. The summed E-state index contributed by atoms with van der Waals surface area (Å²) in [5.74, 6) is -0.202. The molecule has 5 nitrogen and oxygen atoms in total. The Morgan fingerprint density at radius 3 is 2.69 bits per heavy atom. The first kappa shape index (κ1) is 10.1. The van der Waals surface area contributed by atoms with Gasteiger partial charge in [-0.3, -0.25) is 0 Å². The Kier molecular flexibility index (Phi) is 2.52. The lowest BCUT2D eigenvalue weighted by atomic mass is 10.2. The van der Waals surface area contributed by atoms with E-state index in [-0.39, 0.29) is 17.3 Å². The van der Waals surface area contributed by atoms with Crippen molar-refractivity contribution in [2.24, 2.45) is 0 Å². The number of nitrogen functional groups attached to an aromatic ring is 1. The van der Waals surface area contributed by atoms with Crippen LogP contribution in [0.2, 0.25) is 0 Å². The molecule has 1 heterocycles. The summed E-state index contributed by atoms with van der Waals surface area (Å²) in [4.78, 5) is 0. The minimum atomic E-state index is -0.303. The van der Waals surface area contributed by atoms with Gasteiger partial charge in [0.1, 0.15) is 11.9 Å². The standard InChI is InChI=1S/C10H8FN5/c11-8-3-1-7(2-4-8)6-16-9(5-12)10(13)14-15-16/h1-4H,6,13H2. The minimum Gasteiger partial charge on any atom is -0.380 e. The Hall–Kier alpha value is -2.42. The van der Waals surface area contributed by atoms with Gasteiger partial charge in [0.15, 0.2) is 11.5 Å². The molecule has 0 aliphatic heterocycles. The van der Waals surface area contributed by atoms with E-state index in [1.807, 2.05) is 6.07 Å². The fourth-order valence-corrected chi connectivity index (χ4v) is 1.31. The molecule has 2 aromatic rings. The van der Waals surface area contributed by atoms with Gasteiger partial charge in [-0.2, -0.15) is 5.26 Å². The molecule has 1 aromatic carbocycles. The normalized spacial score (nSPS) is 10.0. The molecule has 0 aliphatic rings. The van der Waals surface area contributed by atoms with Crippen molar-refractivity contribution >= 4 is 5.82 Å². The van der Waals surface area contributed by atoms with Crippen LogP contribution in [0.5, 0.6) is 0 Å². The summed E-state index contributed by atoms with van der Waals surface area (Å²) in [5.41, 5.74) is 6.49. The Morgan fingerprint density at radius 2 is 2.06 bits per heavy atom. The number of hydrogen-bond donors (Lipinski definition) is 1. The van der Waals surface area contributed by atoms with Gasteiger partial charge in [0.2, 0.25) is 0 Å². The van der Waals surface area contributed by atoms with Crippen LogP contribution in [-0.2, 0) is 6.54 Å². The van der Waals surface area contributed by atoms with E-state index in [1.54, 1.807) is 12.1 Å². The summed E-state index contributed by atoms with van der Waals surface area (Å²) in [7, 11) is 0. The average molecular weight is 217 g/mol. The van der Waals surface area contributed by atoms with E-state index >= 15 is 0 Å². The van der Waals surface area contributed by atoms with Gasteiger partial charge in [0.25, 0.3) is 0 Å². The molecular weight excluding hydrogens is 209 g/mol. The van der Waals surface area contributed by atoms with Crippen molar-refractivity contribution < 1.29 is 4.39 Å². The van der Waals surface area contributed by atoms with Gasteiger partial charge < -0.3 is 5.73 Å². The molecule has 0 fully saturated rings. The van der Waals surface area contributed by atoms with Crippen molar-refractivity contribution in [3.63, 3.8) is 0 Å². The van der Waals surface area contributed by atoms with Crippen molar-refractivity contribution in [3.8, 4) is 6.07 Å². The van der Waals surface area contributed by atoms with E-state index in [0.717, 1.165) is 5.56 Å². The fraction of sp³-hybridized carbons (Fsp3) is 0.100. The summed E-state index contributed by atoms with van der Waals surface area (Å²) in [6, 6.07) is 7.85. The third kappa shape index (κ3) is 1.83. The molecule has 2 rings (SSSR count). The maximum atomic E-state index is 12.7. The van der Waals surface area contributed by atoms with Gasteiger partial charge >= 0.3 is 0 Å². The molecule has 0 spiro atoms. The van der Waals surface area contributed by atoms with E-state index in [0.29, 0.717) is 6.54 Å². The van der Waals surface area contributed by atoms with Crippen molar-refractivity contribution in [1.82, 2.24) is 15.0 Å². The zero-order chi connectivity index (χ0) is 11.5. The Bertz CT molecular complexity index is 537. The highest BCUT2D eigenvalue weighted by molar-refractivity contribution is 5.42. The minimum absolute atomic E-state index is 0.101. The highest BCUT2D eigenvalue weighted by atomic mass is 19.1. The highest BCUT2D eigenvalue weighted by Crippen LogP contribution is 2.09. The molecule has 0 atom stereocenters. The zero-order valence-corrected chi connectivity index (χ0v) is 8.26. The number of nitrogens with two attached hydrogens (primary N) is 1. The topological polar surface area (TPSA) is 80.5 Å². The second-order valence-electron chi connectivity index (χ2n) is 3.22. The van der Waals surface area contributed by atoms with Crippen LogP contribution in [0.15, 0.2) is 24.3 Å². The van der Waals surface area contributed by atoms with Gasteiger partial charge in [0, 0.05) is 0 Å². The molecule has 0 saturated carbocycles. The van der Waals surface area contributed by atoms with Gasteiger partial charge in [-0.05, 0) is 17.7 Å². The van der Waals surface area contributed by atoms with Crippen molar-refractivity contribution in [2.75, 3.05) is 5.73 Å². The van der Waals surface area contributed by atoms with Crippen LogP contribution in [0.1, 0.15) is 11.3 Å². The van der Waals surface area contributed by atoms with Crippen LogP contribution in [0, 0.1) is 17.1 Å². The number of halogens is 1. The van der Waals surface area contributed by atoms with E-state index in [2.05, 4.69) is 10.3 Å². The second-order valence-corrected chi connectivity index (χ2v) is 3.22. The Labute approximate surface area is 90.9 Å². The molecule has 16 heavy (non-hydrogen) atoms. The lowest BCUT2D eigenvalue weighted by molar-refractivity contribution is 0.620. The summed E-state index contributed by atoms with van der Waals surface area (Å²) in [5, 5.41) is 16.1. The van der Waals surface area contributed by atoms with Gasteiger partial charge in [-0.25, -0.2) is 9.07 Å². The third-order valence-corrected chi connectivity index (χ3v) is 2.11. The van der Waals surface area contributed by atoms with E-state index in [4.69, 9.17) is 11.0 Å². The molecule has 0 unspecified atom stereocenters. The summed E-state index contributed by atoms with van der Waals surface area (Å²) in [6.45, 7) is 0.341. The monoisotopic (exact) mass is 217 g/mol. The Morgan fingerprint density at radius 1 is 1.38 bits per heavy atom. The predicted octanol–water partition coefficient (Wildman–Crippen LogP) is 0.919. The molecule has 0 saturated heterocycles. The highest BCUT2D eigenvalue weighted by Gasteiger charge is 2.09. The van der Waals surface area contributed by atoms with Crippen LogP contribution in [-0.4, -0.2) is 15.0 Å². The van der Waals surface area contributed by atoms with Gasteiger partial charge in [-0.1, -0.05) is 17.3 Å². The molecule has 0 radical (unpaired) electrons. The van der Waals surface area contributed by atoms with Gasteiger partial charge in [0.05, 0.1) is 6.54 Å². The van der Waals surface area contributed by atoms with Gasteiger partial charge in [-0.15, -0.1) is 5.10 Å². The summed E-state index contributed by atoms with van der Waals surface area (Å²) < 4.78 is 14.0. The molecular formula is C10H8FN5. The van der Waals surface area contributed by atoms with Crippen LogP contribution < -0.4 is 5.73 Å². The number of aromatic nitrogens is 3. The zero-order valence-electron chi connectivity index (χ0n) is 8.26. The van der Waals surface area contributed by atoms with E-state index in [1.165, 1.54) is 16.8 Å². The number of nitrogens with zero attached hydrogens (tertiary/aromatic N) is 4. The smallest absolute Gasteiger partial charge is 0.184 e. The average Bonchev–Trinajstić information content (AvgIpc) is 2.63. The SMILES string of the molecule is N#Cc1c(N)nnn1Cc1ccc(F)cc1. The fourth-order valence-electron chi connectivity index (χ4n) is 1.31. The van der Waals surface area contributed by atoms with E-state index in [9.17, 15) is 4.39 Å². The van der Waals surface area contributed by atoms with Crippen molar-refractivity contribution in [1.29, 1.82) is 5.26 Å². The maximum absolute atomic E-state index is 12.7. The van der Waals surface area contributed by atoms with Crippen LogP contribution in [0.25, 0.3) is 0 Å². The number of benzene rings is 1.